The van der Waals surface area contributed by atoms with Crippen LogP contribution in [0.25, 0.3) is 11.2 Å². The first kappa shape index (κ1) is 22.0. The third kappa shape index (κ3) is 4.36. The normalized spacial score (nSPS) is 14.1. The van der Waals surface area contributed by atoms with E-state index in [9.17, 15) is 14.4 Å². The van der Waals surface area contributed by atoms with Gasteiger partial charge in [0.15, 0.2) is 11.3 Å². The van der Waals surface area contributed by atoms with Gasteiger partial charge in [-0.2, -0.15) is 0 Å². The zero-order valence-corrected chi connectivity index (χ0v) is 18.6. The van der Waals surface area contributed by atoms with E-state index >= 15 is 0 Å². The third-order valence-electron chi connectivity index (χ3n) is 5.57. The van der Waals surface area contributed by atoms with Crippen molar-refractivity contribution in [2.75, 3.05) is 26.2 Å². The molecule has 1 aliphatic rings. The monoisotopic (exact) mass is 453 g/mol. The number of benzene rings is 1. The van der Waals surface area contributed by atoms with Gasteiger partial charge in [-0.3, -0.25) is 19.0 Å². The predicted molar refractivity (Wildman–Crippen MR) is 122 cm³/mol. The van der Waals surface area contributed by atoms with Crippen molar-refractivity contribution in [2.45, 2.75) is 26.3 Å². The highest BCUT2D eigenvalue weighted by molar-refractivity contribution is 6.30. The highest BCUT2D eigenvalue weighted by atomic mass is 35.5. The van der Waals surface area contributed by atoms with Gasteiger partial charge in [-0.05, 0) is 36.8 Å². The minimum absolute atomic E-state index is 0.101. The van der Waals surface area contributed by atoms with E-state index in [1.54, 1.807) is 52.4 Å². The minimum atomic E-state index is -0.424. The quantitative estimate of drug-likeness (QED) is 0.592. The molecule has 1 aliphatic heterocycles. The summed E-state index contributed by atoms with van der Waals surface area (Å²) >= 11 is 5.99. The van der Waals surface area contributed by atoms with Crippen LogP contribution >= 0.6 is 11.6 Å². The summed E-state index contributed by atoms with van der Waals surface area (Å²) < 4.78 is 1.54. The second-order valence-electron chi connectivity index (χ2n) is 7.71. The van der Waals surface area contributed by atoms with Crippen molar-refractivity contribution in [3.63, 3.8) is 0 Å². The van der Waals surface area contributed by atoms with Crippen molar-refractivity contribution in [2.24, 2.45) is 0 Å². The van der Waals surface area contributed by atoms with Crippen LogP contribution < -0.4 is 5.56 Å². The number of aryl methyl sites for hydroxylation is 1. The smallest absolute Gasteiger partial charge is 0.283 e. The van der Waals surface area contributed by atoms with Gasteiger partial charge < -0.3 is 9.80 Å². The number of nitrogens with zero attached hydrogens (tertiary/aromatic N) is 5. The standard InChI is InChI=1S/C23H24ClN5O3/c1-2-3-10-29-20-18(8-5-9-25-20)26-19(23(29)32)22(31)28-13-11-27(12-14-28)21(30)16-6-4-7-17(24)15-16/h4-9,15H,2-3,10-14H2,1H3. The summed E-state index contributed by atoms with van der Waals surface area (Å²) in [5.41, 5.74) is 0.990. The van der Waals surface area contributed by atoms with Gasteiger partial charge in [0.05, 0.1) is 0 Å². The van der Waals surface area contributed by atoms with Gasteiger partial charge in [0.25, 0.3) is 17.4 Å². The highest BCUT2D eigenvalue weighted by Gasteiger charge is 2.28. The molecule has 9 heteroatoms. The van der Waals surface area contributed by atoms with E-state index in [-0.39, 0.29) is 11.6 Å². The lowest BCUT2D eigenvalue weighted by Crippen LogP contribution is -2.51. The van der Waals surface area contributed by atoms with Crippen LogP contribution in [0, 0.1) is 0 Å². The van der Waals surface area contributed by atoms with E-state index < -0.39 is 11.5 Å². The first-order chi connectivity index (χ1) is 15.5. The number of carbonyl (C=O) groups excluding carboxylic acids is 2. The number of hydrogen-bond acceptors (Lipinski definition) is 5. The molecule has 3 aromatic rings. The van der Waals surface area contributed by atoms with Crippen LogP contribution in [-0.2, 0) is 6.54 Å². The van der Waals surface area contributed by atoms with Crippen molar-refractivity contribution in [3.8, 4) is 0 Å². The van der Waals surface area contributed by atoms with Crippen LogP contribution in [0.5, 0.6) is 0 Å². The molecular formula is C23H24ClN5O3. The number of pyridine rings is 1. The molecule has 1 fully saturated rings. The maximum Gasteiger partial charge on any atom is 0.283 e. The van der Waals surface area contributed by atoms with E-state index in [1.807, 2.05) is 6.92 Å². The molecule has 0 saturated carbocycles. The van der Waals surface area contributed by atoms with Crippen LogP contribution in [0.2, 0.25) is 5.02 Å². The lowest BCUT2D eigenvalue weighted by molar-refractivity contribution is 0.0531. The van der Waals surface area contributed by atoms with Crippen LogP contribution in [0.3, 0.4) is 0 Å². The summed E-state index contributed by atoms with van der Waals surface area (Å²) in [4.78, 5) is 50.9. The van der Waals surface area contributed by atoms with Gasteiger partial charge in [-0.1, -0.05) is 31.0 Å². The molecule has 0 bridgehead atoms. The average molecular weight is 454 g/mol. The number of hydrogen-bond donors (Lipinski definition) is 0. The molecule has 166 valence electrons. The molecule has 2 aromatic heterocycles. The Hall–Kier alpha value is -3.26. The van der Waals surface area contributed by atoms with Gasteiger partial charge in [-0.15, -0.1) is 0 Å². The topological polar surface area (TPSA) is 88.4 Å². The highest BCUT2D eigenvalue weighted by Crippen LogP contribution is 2.15. The van der Waals surface area contributed by atoms with Crippen molar-refractivity contribution in [3.05, 3.63) is 69.2 Å². The molecule has 0 N–H and O–H groups in total. The lowest BCUT2D eigenvalue weighted by Gasteiger charge is -2.34. The number of halogens is 1. The minimum Gasteiger partial charge on any atom is -0.335 e. The Morgan fingerprint density at radius 2 is 1.75 bits per heavy atom. The van der Waals surface area contributed by atoms with Gasteiger partial charge >= 0.3 is 0 Å². The van der Waals surface area contributed by atoms with Crippen LogP contribution in [0.15, 0.2) is 47.4 Å². The molecule has 1 aromatic carbocycles. The van der Waals surface area contributed by atoms with Gasteiger partial charge in [0.1, 0.15) is 5.52 Å². The van der Waals surface area contributed by atoms with Crippen molar-refractivity contribution in [1.82, 2.24) is 24.3 Å². The van der Waals surface area contributed by atoms with Crippen LogP contribution in [-0.4, -0.2) is 62.3 Å². The second kappa shape index (κ2) is 9.48. The number of amides is 2. The average Bonchev–Trinajstić information content (AvgIpc) is 2.82. The molecule has 0 atom stereocenters. The number of rotatable bonds is 5. The molecule has 0 radical (unpaired) electrons. The SMILES string of the molecule is CCCCn1c(=O)c(C(=O)N2CCN(C(=O)c3cccc(Cl)c3)CC2)nc2cccnc21. The molecule has 3 heterocycles. The Morgan fingerprint density at radius 1 is 1.03 bits per heavy atom. The number of fused-ring (bicyclic) bond motifs is 1. The summed E-state index contributed by atoms with van der Waals surface area (Å²) in [5.74, 6) is -0.544. The molecule has 1 saturated heterocycles. The summed E-state index contributed by atoms with van der Waals surface area (Å²) in [7, 11) is 0. The summed E-state index contributed by atoms with van der Waals surface area (Å²) in [6.07, 6.45) is 3.33. The molecular weight excluding hydrogens is 430 g/mol. The summed E-state index contributed by atoms with van der Waals surface area (Å²) in [5, 5.41) is 0.501. The first-order valence-corrected chi connectivity index (χ1v) is 11.1. The third-order valence-corrected chi connectivity index (χ3v) is 5.80. The fourth-order valence-electron chi connectivity index (χ4n) is 3.81. The van der Waals surface area contributed by atoms with Gasteiger partial charge in [0, 0.05) is 49.5 Å². The van der Waals surface area contributed by atoms with Gasteiger partial charge in [-0.25, -0.2) is 9.97 Å². The van der Waals surface area contributed by atoms with E-state index in [1.165, 1.54) is 4.57 Å². The van der Waals surface area contributed by atoms with E-state index in [2.05, 4.69) is 9.97 Å². The number of unbranched alkanes of at least 4 members (excludes halogenated alkanes) is 1. The Morgan fingerprint density at radius 3 is 2.44 bits per heavy atom. The maximum absolute atomic E-state index is 13.2. The maximum atomic E-state index is 13.2. The molecule has 4 rings (SSSR count). The van der Waals surface area contributed by atoms with Crippen LogP contribution in [0.1, 0.15) is 40.6 Å². The van der Waals surface area contributed by atoms with Crippen molar-refractivity contribution in [1.29, 1.82) is 0 Å². The number of carbonyl (C=O) groups is 2. The number of aromatic nitrogens is 3. The predicted octanol–water partition coefficient (Wildman–Crippen LogP) is 2.84. The van der Waals surface area contributed by atoms with E-state index in [0.717, 1.165) is 12.8 Å². The summed E-state index contributed by atoms with van der Waals surface area (Å²) in [6.45, 7) is 3.91. The molecule has 0 aliphatic carbocycles. The second-order valence-corrected chi connectivity index (χ2v) is 8.15. The fraction of sp³-hybridized carbons (Fsp3) is 0.348. The van der Waals surface area contributed by atoms with E-state index in [0.29, 0.717) is 54.5 Å². The zero-order chi connectivity index (χ0) is 22.7. The molecule has 0 spiro atoms. The van der Waals surface area contributed by atoms with Gasteiger partial charge in [0.2, 0.25) is 0 Å². The van der Waals surface area contributed by atoms with Crippen molar-refractivity contribution < 1.29 is 9.59 Å². The Kier molecular flexibility index (Phi) is 6.50. The van der Waals surface area contributed by atoms with Crippen LogP contribution in [0.4, 0.5) is 0 Å². The molecule has 2 amide bonds. The Balaban J connectivity index is 1.54. The first-order valence-electron chi connectivity index (χ1n) is 10.7. The summed E-state index contributed by atoms with van der Waals surface area (Å²) in [6, 6.07) is 10.3. The van der Waals surface area contributed by atoms with E-state index in [4.69, 9.17) is 11.6 Å². The largest absolute Gasteiger partial charge is 0.335 e. The lowest BCUT2D eigenvalue weighted by atomic mass is 10.1. The Labute approximate surface area is 190 Å². The zero-order valence-electron chi connectivity index (χ0n) is 17.8. The molecule has 8 nitrogen and oxygen atoms in total. The molecule has 0 unspecified atom stereocenters. The fourth-order valence-corrected chi connectivity index (χ4v) is 4.00. The number of piperazine rings is 1. The van der Waals surface area contributed by atoms with Crippen molar-refractivity contribution >= 4 is 34.6 Å². The molecule has 32 heavy (non-hydrogen) atoms. The Bertz CT molecular complexity index is 1220.